The van der Waals surface area contributed by atoms with E-state index in [0.29, 0.717) is 19.1 Å². The van der Waals surface area contributed by atoms with Crippen LogP contribution < -0.4 is 0 Å². The van der Waals surface area contributed by atoms with Gasteiger partial charge in [0.25, 0.3) is 0 Å². The van der Waals surface area contributed by atoms with Gasteiger partial charge in [-0.25, -0.2) is 8.42 Å². The molecule has 0 aliphatic heterocycles. The topological polar surface area (TPSA) is 46.6 Å². The summed E-state index contributed by atoms with van der Waals surface area (Å²) in [6, 6.07) is 0.0726. The van der Waals surface area contributed by atoms with Gasteiger partial charge >= 0.3 is 0 Å². The van der Waals surface area contributed by atoms with Gasteiger partial charge in [0, 0.05) is 25.6 Å². The Morgan fingerprint density at radius 2 is 2.12 bits per heavy atom. The number of halogens is 1. The number of ether oxygens (including phenoxy) is 1. The largest absolute Gasteiger partial charge is 0.383 e. The van der Waals surface area contributed by atoms with Gasteiger partial charge in [-0.2, -0.15) is 4.31 Å². The van der Waals surface area contributed by atoms with Crippen LogP contribution in [0.1, 0.15) is 19.8 Å². The first-order valence-corrected chi connectivity index (χ1v) is 7.71. The molecule has 6 heteroatoms. The summed E-state index contributed by atoms with van der Waals surface area (Å²) in [4.78, 5) is 0. The van der Waals surface area contributed by atoms with Crippen LogP contribution in [0.15, 0.2) is 0 Å². The second-order valence-electron chi connectivity index (χ2n) is 4.19. The van der Waals surface area contributed by atoms with Crippen molar-refractivity contribution in [1.29, 1.82) is 0 Å². The zero-order valence-electron chi connectivity index (χ0n) is 9.86. The monoisotopic (exact) mass is 269 g/mol. The number of hydrogen-bond acceptors (Lipinski definition) is 3. The lowest BCUT2D eigenvalue weighted by Gasteiger charge is -2.27. The van der Waals surface area contributed by atoms with Crippen molar-refractivity contribution in [2.75, 3.05) is 31.9 Å². The van der Waals surface area contributed by atoms with E-state index in [1.165, 1.54) is 0 Å². The number of sulfonamides is 1. The van der Waals surface area contributed by atoms with Crippen molar-refractivity contribution >= 4 is 21.6 Å². The van der Waals surface area contributed by atoms with Gasteiger partial charge in [0.05, 0.1) is 12.4 Å². The fourth-order valence-electron chi connectivity index (χ4n) is 1.81. The molecular weight excluding hydrogens is 250 g/mol. The highest BCUT2D eigenvalue weighted by Crippen LogP contribution is 2.36. The van der Waals surface area contributed by atoms with E-state index in [-0.39, 0.29) is 17.7 Å². The molecule has 0 aromatic heterocycles. The molecule has 0 saturated heterocycles. The standard InChI is InChI=1S/C10H20ClNO3S/c1-9(10-3-4-10)12(6-7-15-2)16(13,14)8-5-11/h9-10H,3-8H2,1-2H3. The summed E-state index contributed by atoms with van der Waals surface area (Å²) in [5.74, 6) is 0.667. The first kappa shape index (κ1) is 14.2. The third kappa shape index (κ3) is 3.87. The minimum atomic E-state index is -3.23. The summed E-state index contributed by atoms with van der Waals surface area (Å²) in [5, 5.41) is 0. The van der Waals surface area contributed by atoms with Crippen molar-refractivity contribution < 1.29 is 13.2 Å². The maximum atomic E-state index is 12.0. The average molecular weight is 270 g/mol. The maximum Gasteiger partial charge on any atom is 0.215 e. The van der Waals surface area contributed by atoms with Crippen molar-refractivity contribution in [3.8, 4) is 0 Å². The molecule has 1 unspecified atom stereocenters. The molecule has 1 fully saturated rings. The second-order valence-corrected chi connectivity index (χ2v) is 6.61. The number of alkyl halides is 1. The summed E-state index contributed by atoms with van der Waals surface area (Å²) in [6.07, 6.45) is 2.25. The minimum absolute atomic E-state index is 0.00926. The van der Waals surface area contributed by atoms with Crippen molar-refractivity contribution in [2.24, 2.45) is 5.92 Å². The van der Waals surface area contributed by atoms with Crippen LogP contribution in [0.3, 0.4) is 0 Å². The van der Waals surface area contributed by atoms with Crippen LogP contribution in [0.25, 0.3) is 0 Å². The molecule has 1 aliphatic rings. The predicted molar refractivity (Wildman–Crippen MR) is 65.3 cm³/mol. The van der Waals surface area contributed by atoms with Gasteiger partial charge in [-0.05, 0) is 25.7 Å². The third-order valence-corrected chi connectivity index (χ3v) is 5.33. The number of nitrogens with zero attached hydrogens (tertiary/aromatic N) is 1. The Bertz CT molecular complexity index is 303. The van der Waals surface area contributed by atoms with E-state index in [0.717, 1.165) is 12.8 Å². The molecule has 1 saturated carbocycles. The van der Waals surface area contributed by atoms with E-state index in [1.807, 2.05) is 6.92 Å². The molecular formula is C10H20ClNO3S. The minimum Gasteiger partial charge on any atom is -0.383 e. The Labute approximate surface area is 103 Å². The molecule has 16 heavy (non-hydrogen) atoms. The van der Waals surface area contributed by atoms with E-state index in [4.69, 9.17) is 16.3 Å². The summed E-state index contributed by atoms with van der Waals surface area (Å²) in [7, 11) is -1.65. The lowest BCUT2D eigenvalue weighted by Crippen LogP contribution is -2.43. The number of methoxy groups -OCH3 is 1. The van der Waals surface area contributed by atoms with Crippen molar-refractivity contribution in [1.82, 2.24) is 4.31 Å². The maximum absolute atomic E-state index is 12.0. The fraction of sp³-hybridized carbons (Fsp3) is 1.00. The van der Waals surface area contributed by atoms with Gasteiger partial charge in [0.1, 0.15) is 0 Å². The highest BCUT2D eigenvalue weighted by molar-refractivity contribution is 7.89. The van der Waals surface area contributed by atoms with Crippen LogP contribution in [0.4, 0.5) is 0 Å². The van der Waals surface area contributed by atoms with E-state index >= 15 is 0 Å². The normalized spacial score (nSPS) is 19.0. The molecule has 1 aliphatic carbocycles. The molecule has 0 amide bonds. The lowest BCUT2D eigenvalue weighted by molar-refractivity contribution is 0.164. The molecule has 1 atom stereocenters. The van der Waals surface area contributed by atoms with E-state index in [2.05, 4.69) is 0 Å². The zero-order valence-corrected chi connectivity index (χ0v) is 11.4. The van der Waals surface area contributed by atoms with Gasteiger partial charge in [-0.1, -0.05) is 0 Å². The molecule has 96 valence electrons. The summed E-state index contributed by atoms with van der Waals surface area (Å²) in [6.45, 7) is 2.82. The van der Waals surface area contributed by atoms with Crippen LogP contribution in [-0.2, 0) is 14.8 Å². The van der Waals surface area contributed by atoms with E-state index in [1.54, 1.807) is 11.4 Å². The van der Waals surface area contributed by atoms with Crippen LogP contribution in [0.2, 0.25) is 0 Å². The van der Waals surface area contributed by atoms with Gasteiger partial charge in [0.2, 0.25) is 10.0 Å². The molecule has 0 N–H and O–H groups in total. The molecule has 4 nitrogen and oxygen atoms in total. The smallest absolute Gasteiger partial charge is 0.215 e. The molecule has 0 aromatic rings. The van der Waals surface area contributed by atoms with Gasteiger partial charge in [-0.3, -0.25) is 0 Å². The first-order valence-electron chi connectivity index (χ1n) is 5.57. The first-order chi connectivity index (χ1) is 7.53. The molecule has 0 heterocycles. The highest BCUT2D eigenvalue weighted by atomic mass is 35.5. The van der Waals surface area contributed by atoms with Crippen molar-refractivity contribution in [3.05, 3.63) is 0 Å². The SMILES string of the molecule is COCCN(C(C)C1CC1)S(=O)(=O)CCCl. The van der Waals surface area contributed by atoms with E-state index in [9.17, 15) is 8.42 Å². The molecule has 0 radical (unpaired) electrons. The molecule has 0 bridgehead atoms. The molecule has 1 rings (SSSR count). The highest BCUT2D eigenvalue weighted by Gasteiger charge is 2.36. The molecule has 0 aromatic carbocycles. The Morgan fingerprint density at radius 1 is 1.50 bits per heavy atom. The third-order valence-electron chi connectivity index (χ3n) is 2.97. The van der Waals surface area contributed by atoms with E-state index < -0.39 is 10.0 Å². The predicted octanol–water partition coefficient (Wildman–Crippen LogP) is 1.30. The van der Waals surface area contributed by atoms with Crippen molar-refractivity contribution in [2.45, 2.75) is 25.8 Å². The van der Waals surface area contributed by atoms with Crippen molar-refractivity contribution in [3.63, 3.8) is 0 Å². The van der Waals surface area contributed by atoms with Gasteiger partial charge in [0.15, 0.2) is 0 Å². The summed E-state index contributed by atoms with van der Waals surface area (Å²) < 4.78 is 30.5. The number of rotatable bonds is 8. The zero-order chi connectivity index (χ0) is 12.2. The second kappa shape index (κ2) is 6.19. The fourth-order valence-corrected chi connectivity index (χ4v) is 3.85. The average Bonchev–Trinajstić information content (AvgIpc) is 3.00. The molecule has 0 spiro atoms. The lowest BCUT2D eigenvalue weighted by atomic mass is 10.2. The Balaban J connectivity index is 2.68. The summed E-state index contributed by atoms with van der Waals surface area (Å²) in [5.41, 5.74) is 0. The Morgan fingerprint density at radius 3 is 2.56 bits per heavy atom. The van der Waals surface area contributed by atoms with Gasteiger partial charge in [-0.15, -0.1) is 11.6 Å². The Hall–Kier alpha value is 0.160. The quantitative estimate of drug-likeness (QED) is 0.624. The van der Waals surface area contributed by atoms with Crippen LogP contribution in [-0.4, -0.2) is 50.7 Å². The van der Waals surface area contributed by atoms with Gasteiger partial charge < -0.3 is 4.74 Å². The van der Waals surface area contributed by atoms with Crippen LogP contribution >= 0.6 is 11.6 Å². The number of hydrogen-bond donors (Lipinski definition) is 0. The summed E-state index contributed by atoms with van der Waals surface area (Å²) >= 11 is 5.53. The Kier molecular flexibility index (Phi) is 5.50. The van der Waals surface area contributed by atoms with Crippen LogP contribution in [0.5, 0.6) is 0 Å². The van der Waals surface area contributed by atoms with Crippen LogP contribution in [0, 0.1) is 5.92 Å².